The monoisotopic (exact) mass is 364 g/mol. The Morgan fingerprint density at radius 3 is 2.96 bits per heavy atom. The van der Waals surface area contributed by atoms with Crippen molar-refractivity contribution in [1.82, 2.24) is 20.1 Å². The van der Waals surface area contributed by atoms with Gasteiger partial charge >= 0.3 is 6.03 Å². The maximum absolute atomic E-state index is 12.1. The minimum absolute atomic E-state index is 0.0248. The van der Waals surface area contributed by atoms with Crippen LogP contribution in [0.15, 0.2) is 5.51 Å². The zero-order valence-corrected chi connectivity index (χ0v) is 15.8. The van der Waals surface area contributed by atoms with E-state index in [2.05, 4.69) is 22.1 Å². The molecule has 1 aromatic rings. The first-order valence-corrected chi connectivity index (χ1v) is 10.3. The minimum Gasteiger partial charge on any atom is -0.372 e. The molecule has 0 saturated carbocycles. The van der Waals surface area contributed by atoms with E-state index >= 15 is 0 Å². The summed E-state index contributed by atoms with van der Waals surface area (Å²) < 4.78 is 6.15. The molecule has 1 N–H and O–H groups in total. The summed E-state index contributed by atoms with van der Waals surface area (Å²) >= 11 is 1.74. The standard InChI is InChI=1S/C18H28N4O2S/c1-14-16(25-13-20-14)10-21-11-18(12-21)15(5-9-24-18)4-6-19-17(23)22-7-2-3-8-22/h13,15H,2-12H2,1H3,(H,19,23)/t15-/m1/s1. The molecule has 3 aliphatic heterocycles. The summed E-state index contributed by atoms with van der Waals surface area (Å²) in [5.74, 6) is 0.560. The fraction of sp³-hybridized carbons (Fsp3) is 0.778. The maximum atomic E-state index is 12.1. The van der Waals surface area contributed by atoms with Crippen molar-refractivity contribution < 1.29 is 9.53 Å². The maximum Gasteiger partial charge on any atom is 0.317 e. The number of aryl methyl sites for hydroxylation is 1. The molecule has 1 aromatic heterocycles. The van der Waals surface area contributed by atoms with Gasteiger partial charge in [0.25, 0.3) is 0 Å². The summed E-state index contributed by atoms with van der Waals surface area (Å²) in [6.07, 6.45) is 4.42. The lowest BCUT2D eigenvalue weighted by Gasteiger charge is -2.50. The quantitative estimate of drug-likeness (QED) is 0.871. The Balaban J connectivity index is 1.23. The van der Waals surface area contributed by atoms with Gasteiger partial charge in [0.05, 0.1) is 16.8 Å². The lowest BCUT2D eigenvalue weighted by Crippen LogP contribution is -2.64. The Kier molecular flexibility index (Phi) is 4.97. The molecule has 4 rings (SSSR count). The zero-order valence-electron chi connectivity index (χ0n) is 15.0. The number of amides is 2. The highest BCUT2D eigenvalue weighted by Gasteiger charge is 2.52. The van der Waals surface area contributed by atoms with Gasteiger partial charge < -0.3 is 15.0 Å². The number of carbonyl (C=O) groups excluding carboxylic acids is 1. The molecular formula is C18H28N4O2S. The lowest BCUT2D eigenvalue weighted by molar-refractivity contribution is -0.136. The number of likely N-dealkylation sites (tertiary alicyclic amines) is 2. The number of urea groups is 1. The van der Waals surface area contributed by atoms with Crippen LogP contribution in [0.2, 0.25) is 0 Å². The average Bonchev–Trinajstić information content (AvgIpc) is 3.29. The van der Waals surface area contributed by atoms with Gasteiger partial charge in [0.2, 0.25) is 0 Å². The van der Waals surface area contributed by atoms with Crippen LogP contribution in [0.4, 0.5) is 4.79 Å². The van der Waals surface area contributed by atoms with E-state index in [-0.39, 0.29) is 11.6 Å². The average molecular weight is 365 g/mol. The van der Waals surface area contributed by atoms with Gasteiger partial charge in [0.15, 0.2) is 0 Å². The molecule has 3 fully saturated rings. The number of aromatic nitrogens is 1. The molecule has 138 valence electrons. The highest BCUT2D eigenvalue weighted by atomic mass is 32.1. The molecule has 0 aromatic carbocycles. The Morgan fingerprint density at radius 1 is 1.44 bits per heavy atom. The van der Waals surface area contributed by atoms with Crippen LogP contribution in [0.25, 0.3) is 0 Å². The van der Waals surface area contributed by atoms with E-state index in [0.29, 0.717) is 5.92 Å². The molecule has 6 nitrogen and oxygen atoms in total. The summed E-state index contributed by atoms with van der Waals surface area (Å²) in [6, 6.07) is 0.112. The van der Waals surface area contributed by atoms with E-state index in [1.807, 2.05) is 10.4 Å². The van der Waals surface area contributed by atoms with Crippen LogP contribution in [0, 0.1) is 12.8 Å². The van der Waals surface area contributed by atoms with Crippen molar-refractivity contribution in [2.24, 2.45) is 5.92 Å². The third-order valence-electron chi connectivity index (χ3n) is 5.96. The summed E-state index contributed by atoms with van der Waals surface area (Å²) in [7, 11) is 0. The number of nitrogens with one attached hydrogen (secondary N) is 1. The topological polar surface area (TPSA) is 57.7 Å². The van der Waals surface area contributed by atoms with Crippen LogP contribution >= 0.6 is 11.3 Å². The zero-order chi connectivity index (χ0) is 17.3. The fourth-order valence-corrected chi connectivity index (χ4v) is 5.25. The van der Waals surface area contributed by atoms with Crippen LogP contribution < -0.4 is 5.32 Å². The van der Waals surface area contributed by atoms with Gasteiger partial charge in [0.1, 0.15) is 0 Å². The van der Waals surface area contributed by atoms with Crippen molar-refractivity contribution >= 4 is 17.4 Å². The van der Waals surface area contributed by atoms with E-state index < -0.39 is 0 Å². The van der Waals surface area contributed by atoms with Gasteiger partial charge in [-0.25, -0.2) is 9.78 Å². The van der Waals surface area contributed by atoms with Crippen molar-refractivity contribution in [3.8, 4) is 0 Å². The SMILES string of the molecule is Cc1ncsc1CN1CC2(C1)OCC[C@H]2CCNC(=O)N1CCCC1. The van der Waals surface area contributed by atoms with Crippen molar-refractivity contribution in [3.05, 3.63) is 16.1 Å². The number of carbonyl (C=O) groups is 1. The molecule has 0 unspecified atom stereocenters. The lowest BCUT2D eigenvalue weighted by atomic mass is 9.79. The van der Waals surface area contributed by atoms with E-state index in [4.69, 9.17) is 4.74 Å². The van der Waals surface area contributed by atoms with Crippen molar-refractivity contribution in [3.63, 3.8) is 0 Å². The van der Waals surface area contributed by atoms with E-state index in [1.165, 1.54) is 4.88 Å². The van der Waals surface area contributed by atoms with Gasteiger partial charge in [-0.3, -0.25) is 4.90 Å². The highest BCUT2D eigenvalue weighted by Crippen LogP contribution is 2.42. The Hall–Kier alpha value is -1.18. The van der Waals surface area contributed by atoms with Gasteiger partial charge in [-0.2, -0.15) is 0 Å². The molecule has 0 radical (unpaired) electrons. The van der Waals surface area contributed by atoms with E-state index in [9.17, 15) is 4.79 Å². The van der Waals surface area contributed by atoms with Crippen LogP contribution in [0.3, 0.4) is 0 Å². The number of thiazole rings is 1. The Morgan fingerprint density at radius 2 is 2.24 bits per heavy atom. The van der Waals surface area contributed by atoms with Crippen LogP contribution in [0.1, 0.15) is 36.3 Å². The first-order valence-electron chi connectivity index (χ1n) is 9.44. The number of hydrogen-bond acceptors (Lipinski definition) is 5. The molecule has 1 atom stereocenters. The third-order valence-corrected chi connectivity index (χ3v) is 6.88. The van der Waals surface area contributed by atoms with Crippen LogP contribution in [-0.2, 0) is 11.3 Å². The smallest absolute Gasteiger partial charge is 0.317 e. The van der Waals surface area contributed by atoms with Crippen molar-refractivity contribution in [2.45, 2.75) is 44.8 Å². The molecule has 0 aliphatic carbocycles. The third kappa shape index (κ3) is 3.55. The number of nitrogens with zero attached hydrogens (tertiary/aromatic N) is 3. The first kappa shape index (κ1) is 17.2. The van der Waals surface area contributed by atoms with Gasteiger partial charge in [-0.1, -0.05) is 0 Å². The van der Waals surface area contributed by atoms with E-state index in [0.717, 1.165) is 77.3 Å². The molecule has 7 heteroatoms. The molecule has 0 bridgehead atoms. The Bertz CT molecular complexity index is 608. The summed E-state index contributed by atoms with van der Waals surface area (Å²) in [6.45, 7) is 8.53. The van der Waals surface area contributed by atoms with Crippen molar-refractivity contribution in [1.29, 1.82) is 0 Å². The first-order chi connectivity index (χ1) is 12.2. The molecule has 3 saturated heterocycles. The highest BCUT2D eigenvalue weighted by molar-refractivity contribution is 7.09. The van der Waals surface area contributed by atoms with Crippen LogP contribution in [0.5, 0.6) is 0 Å². The number of ether oxygens (including phenoxy) is 1. The number of hydrogen-bond donors (Lipinski definition) is 1. The molecule has 1 spiro atoms. The fourth-order valence-electron chi connectivity index (χ4n) is 4.43. The number of rotatable bonds is 5. The summed E-state index contributed by atoms with van der Waals surface area (Å²) in [5.41, 5.74) is 3.11. The summed E-state index contributed by atoms with van der Waals surface area (Å²) in [5, 5.41) is 3.10. The van der Waals surface area contributed by atoms with Gasteiger partial charge in [0, 0.05) is 50.8 Å². The second-order valence-corrected chi connectivity index (χ2v) is 8.56. The van der Waals surface area contributed by atoms with Gasteiger partial charge in [-0.05, 0) is 38.5 Å². The molecule has 3 aliphatic rings. The van der Waals surface area contributed by atoms with Crippen molar-refractivity contribution in [2.75, 3.05) is 39.3 Å². The molecule has 4 heterocycles. The van der Waals surface area contributed by atoms with E-state index in [1.54, 1.807) is 11.3 Å². The Labute approximate surface area is 153 Å². The second kappa shape index (κ2) is 7.21. The normalized spacial score (nSPS) is 25.5. The molecule has 25 heavy (non-hydrogen) atoms. The largest absolute Gasteiger partial charge is 0.372 e. The predicted molar refractivity (Wildman–Crippen MR) is 97.7 cm³/mol. The minimum atomic E-state index is 0.0248. The van der Waals surface area contributed by atoms with Gasteiger partial charge in [-0.15, -0.1) is 11.3 Å². The molecular weight excluding hydrogens is 336 g/mol. The predicted octanol–water partition coefficient (Wildman–Crippen LogP) is 2.24. The summed E-state index contributed by atoms with van der Waals surface area (Å²) in [4.78, 5) is 22.2. The molecule has 2 amide bonds. The van der Waals surface area contributed by atoms with Crippen LogP contribution in [-0.4, -0.2) is 65.7 Å². The second-order valence-electron chi connectivity index (χ2n) is 7.62.